The summed E-state index contributed by atoms with van der Waals surface area (Å²) in [6, 6.07) is 8.51. The minimum Gasteiger partial charge on any atom is -0.497 e. The largest absolute Gasteiger partial charge is 0.497 e. The lowest BCUT2D eigenvalue weighted by Crippen LogP contribution is -2.14. The van der Waals surface area contributed by atoms with Crippen LogP contribution in [-0.4, -0.2) is 7.11 Å². The number of unbranched alkanes of at least 4 members (excludes halogenated alkanes) is 2. The second kappa shape index (κ2) is 8.26. The molecule has 0 radical (unpaired) electrons. The Morgan fingerprint density at radius 3 is 2.52 bits per heavy atom. The highest BCUT2D eigenvalue weighted by Crippen LogP contribution is 2.35. The fourth-order valence-corrected chi connectivity index (χ4v) is 3.39. The summed E-state index contributed by atoms with van der Waals surface area (Å²) >= 11 is 0. The highest BCUT2D eigenvalue weighted by molar-refractivity contribution is 5.66. The third-order valence-corrected chi connectivity index (χ3v) is 4.98. The number of hydrogen-bond donors (Lipinski definition) is 0. The van der Waals surface area contributed by atoms with E-state index in [4.69, 9.17) is 4.74 Å². The lowest BCUT2D eigenvalue weighted by Gasteiger charge is -2.27. The number of methoxy groups -OCH3 is 1. The quantitative estimate of drug-likeness (QED) is 0.551. The van der Waals surface area contributed by atoms with Gasteiger partial charge in [-0.3, -0.25) is 0 Å². The van der Waals surface area contributed by atoms with E-state index >= 15 is 0 Å². The maximum Gasteiger partial charge on any atom is 0.118 e. The fourth-order valence-electron chi connectivity index (χ4n) is 3.39. The molecule has 0 fully saturated rings. The van der Waals surface area contributed by atoms with Gasteiger partial charge in [0.25, 0.3) is 0 Å². The Morgan fingerprint density at radius 2 is 1.95 bits per heavy atom. The Labute approximate surface area is 130 Å². The molecule has 116 valence electrons. The lowest BCUT2D eigenvalue weighted by atomic mass is 9.78. The smallest absolute Gasteiger partial charge is 0.118 e. The standard InChI is InChI=1S/C20H30O/c1-4-5-6-7-16(2)17-8-10-18(11-9-17)19-12-14-20(21-3)15-13-19/h10,12-17H,4-9,11H2,1-3H3. The van der Waals surface area contributed by atoms with E-state index in [0.717, 1.165) is 17.6 Å². The highest BCUT2D eigenvalue weighted by atomic mass is 16.5. The number of allylic oxidation sites excluding steroid dienone is 2. The maximum atomic E-state index is 5.23. The SMILES string of the molecule is CCCCCC(C)C1CC=C(c2ccc(OC)cc2)CC1. The molecule has 0 bridgehead atoms. The van der Waals surface area contributed by atoms with E-state index in [1.165, 1.54) is 56.1 Å². The molecular formula is C20H30O. The predicted molar refractivity (Wildman–Crippen MR) is 91.6 cm³/mol. The van der Waals surface area contributed by atoms with E-state index in [-0.39, 0.29) is 0 Å². The number of hydrogen-bond acceptors (Lipinski definition) is 1. The Hall–Kier alpha value is -1.24. The monoisotopic (exact) mass is 286 g/mol. The molecule has 0 spiro atoms. The number of rotatable bonds is 7. The molecular weight excluding hydrogens is 256 g/mol. The van der Waals surface area contributed by atoms with E-state index in [9.17, 15) is 0 Å². The van der Waals surface area contributed by atoms with Gasteiger partial charge in [-0.25, -0.2) is 0 Å². The minimum atomic E-state index is 0.880. The summed E-state index contributed by atoms with van der Waals surface area (Å²) < 4.78 is 5.23. The van der Waals surface area contributed by atoms with Crippen molar-refractivity contribution >= 4 is 5.57 Å². The van der Waals surface area contributed by atoms with E-state index in [0.29, 0.717) is 0 Å². The maximum absolute atomic E-state index is 5.23. The molecule has 0 aromatic heterocycles. The molecule has 0 saturated heterocycles. The summed E-state index contributed by atoms with van der Waals surface area (Å²) in [7, 11) is 1.72. The van der Waals surface area contributed by atoms with E-state index in [2.05, 4.69) is 44.2 Å². The summed E-state index contributed by atoms with van der Waals surface area (Å²) in [5, 5.41) is 0. The third-order valence-electron chi connectivity index (χ3n) is 4.98. The van der Waals surface area contributed by atoms with Gasteiger partial charge in [-0.2, -0.15) is 0 Å². The van der Waals surface area contributed by atoms with Crippen molar-refractivity contribution < 1.29 is 4.74 Å². The Morgan fingerprint density at radius 1 is 1.19 bits per heavy atom. The van der Waals surface area contributed by atoms with Gasteiger partial charge in [0.2, 0.25) is 0 Å². The van der Waals surface area contributed by atoms with Crippen LogP contribution in [0.15, 0.2) is 30.3 Å². The predicted octanol–water partition coefficient (Wildman–Crippen LogP) is 6.10. The van der Waals surface area contributed by atoms with Crippen molar-refractivity contribution in [1.82, 2.24) is 0 Å². The van der Waals surface area contributed by atoms with Crippen molar-refractivity contribution in [3.63, 3.8) is 0 Å². The molecule has 21 heavy (non-hydrogen) atoms. The van der Waals surface area contributed by atoms with Crippen molar-refractivity contribution in [2.45, 2.75) is 58.8 Å². The van der Waals surface area contributed by atoms with Crippen LogP contribution >= 0.6 is 0 Å². The van der Waals surface area contributed by atoms with Crippen molar-refractivity contribution in [3.05, 3.63) is 35.9 Å². The van der Waals surface area contributed by atoms with Crippen LogP contribution in [0.25, 0.3) is 5.57 Å². The summed E-state index contributed by atoms with van der Waals surface area (Å²) in [6.07, 6.45) is 11.9. The van der Waals surface area contributed by atoms with Crippen LogP contribution in [0.2, 0.25) is 0 Å². The normalized spacial score (nSPS) is 20.0. The second-order valence-corrected chi connectivity index (χ2v) is 6.47. The van der Waals surface area contributed by atoms with Crippen LogP contribution < -0.4 is 4.74 Å². The molecule has 0 heterocycles. The molecule has 1 heteroatoms. The average Bonchev–Trinajstić information content (AvgIpc) is 2.55. The van der Waals surface area contributed by atoms with Crippen LogP contribution in [0.3, 0.4) is 0 Å². The molecule has 2 rings (SSSR count). The zero-order valence-corrected chi connectivity index (χ0v) is 13.9. The van der Waals surface area contributed by atoms with E-state index < -0.39 is 0 Å². The molecule has 0 aliphatic heterocycles. The van der Waals surface area contributed by atoms with Gasteiger partial charge in [-0.05, 0) is 54.4 Å². The first-order valence-corrected chi connectivity index (χ1v) is 8.58. The Kier molecular flexibility index (Phi) is 6.35. The third kappa shape index (κ3) is 4.62. The molecule has 1 aliphatic carbocycles. The lowest BCUT2D eigenvalue weighted by molar-refractivity contribution is 0.308. The van der Waals surface area contributed by atoms with Gasteiger partial charge < -0.3 is 4.74 Å². The van der Waals surface area contributed by atoms with E-state index in [1.807, 2.05) is 0 Å². The van der Waals surface area contributed by atoms with Gasteiger partial charge in [0.05, 0.1) is 7.11 Å². The molecule has 1 aromatic carbocycles. The molecule has 1 aliphatic rings. The van der Waals surface area contributed by atoms with Gasteiger partial charge in [-0.1, -0.05) is 57.7 Å². The first-order valence-electron chi connectivity index (χ1n) is 8.58. The summed E-state index contributed by atoms with van der Waals surface area (Å²) in [6.45, 7) is 4.74. The minimum absolute atomic E-state index is 0.880. The first-order chi connectivity index (χ1) is 10.2. The Bertz CT molecular complexity index is 443. The first kappa shape index (κ1) is 16.1. The summed E-state index contributed by atoms with van der Waals surface area (Å²) in [4.78, 5) is 0. The molecule has 1 nitrogen and oxygen atoms in total. The van der Waals surface area contributed by atoms with Crippen molar-refractivity contribution in [2.75, 3.05) is 7.11 Å². The highest BCUT2D eigenvalue weighted by Gasteiger charge is 2.20. The van der Waals surface area contributed by atoms with E-state index in [1.54, 1.807) is 7.11 Å². The van der Waals surface area contributed by atoms with Gasteiger partial charge in [0.1, 0.15) is 5.75 Å². The molecule has 0 amide bonds. The molecule has 0 saturated carbocycles. The van der Waals surface area contributed by atoms with Gasteiger partial charge in [0.15, 0.2) is 0 Å². The molecule has 0 N–H and O–H groups in total. The molecule has 2 unspecified atom stereocenters. The topological polar surface area (TPSA) is 9.23 Å². The number of ether oxygens (including phenoxy) is 1. The summed E-state index contributed by atoms with van der Waals surface area (Å²) in [5.41, 5.74) is 2.89. The molecule has 1 aromatic rings. The van der Waals surface area contributed by atoms with Crippen LogP contribution in [0.1, 0.15) is 64.4 Å². The van der Waals surface area contributed by atoms with Crippen molar-refractivity contribution in [2.24, 2.45) is 11.8 Å². The van der Waals surface area contributed by atoms with Gasteiger partial charge in [-0.15, -0.1) is 0 Å². The zero-order valence-electron chi connectivity index (χ0n) is 13.9. The van der Waals surface area contributed by atoms with Crippen molar-refractivity contribution in [1.29, 1.82) is 0 Å². The van der Waals surface area contributed by atoms with Gasteiger partial charge in [0, 0.05) is 0 Å². The van der Waals surface area contributed by atoms with Gasteiger partial charge >= 0.3 is 0 Å². The van der Waals surface area contributed by atoms with Crippen molar-refractivity contribution in [3.8, 4) is 5.75 Å². The molecule has 2 atom stereocenters. The average molecular weight is 286 g/mol. The number of benzene rings is 1. The van der Waals surface area contributed by atoms with Crippen LogP contribution in [0.4, 0.5) is 0 Å². The van der Waals surface area contributed by atoms with Crippen LogP contribution in [0, 0.1) is 11.8 Å². The fraction of sp³-hybridized carbons (Fsp3) is 0.600. The van der Waals surface area contributed by atoms with Crippen LogP contribution in [-0.2, 0) is 0 Å². The zero-order chi connectivity index (χ0) is 15.1. The summed E-state index contributed by atoms with van der Waals surface area (Å²) in [5.74, 6) is 2.71. The second-order valence-electron chi connectivity index (χ2n) is 6.47. The van der Waals surface area contributed by atoms with Crippen LogP contribution in [0.5, 0.6) is 5.75 Å². The Balaban J connectivity index is 1.88.